The van der Waals surface area contributed by atoms with Gasteiger partial charge in [0.05, 0.1) is 6.54 Å². The second-order valence-corrected chi connectivity index (χ2v) is 6.37. The Hall–Kier alpha value is -1.39. The summed E-state index contributed by atoms with van der Waals surface area (Å²) in [5, 5.41) is 3.47. The summed E-state index contributed by atoms with van der Waals surface area (Å²) < 4.78 is 0. The number of carbonyl (C=O) groups excluding carboxylic acids is 1. The first-order chi connectivity index (χ1) is 10.2. The molecule has 0 spiro atoms. The maximum Gasteiger partial charge on any atom is 0.241 e. The first kappa shape index (κ1) is 14.5. The molecule has 21 heavy (non-hydrogen) atoms. The van der Waals surface area contributed by atoms with Gasteiger partial charge in [-0.05, 0) is 63.0 Å². The summed E-state index contributed by atoms with van der Waals surface area (Å²) >= 11 is 0. The SMILES string of the molecule is CN1CCN(c2cccc(CC3CCCNC3)c2)C(=O)C1. The summed E-state index contributed by atoms with van der Waals surface area (Å²) in [7, 11) is 2.00. The molecule has 1 unspecified atom stereocenters. The number of carbonyl (C=O) groups is 1. The smallest absolute Gasteiger partial charge is 0.241 e. The number of likely N-dealkylation sites (N-methyl/N-ethyl adjacent to an activating group) is 1. The van der Waals surface area contributed by atoms with Gasteiger partial charge in [-0.2, -0.15) is 0 Å². The van der Waals surface area contributed by atoms with Crippen molar-refractivity contribution in [1.29, 1.82) is 0 Å². The van der Waals surface area contributed by atoms with E-state index in [1.165, 1.54) is 18.4 Å². The van der Waals surface area contributed by atoms with Crippen LogP contribution in [0.2, 0.25) is 0 Å². The maximum atomic E-state index is 12.2. The monoisotopic (exact) mass is 287 g/mol. The molecule has 1 aromatic carbocycles. The zero-order valence-electron chi connectivity index (χ0n) is 12.8. The summed E-state index contributed by atoms with van der Waals surface area (Å²) in [4.78, 5) is 16.2. The molecule has 2 saturated heterocycles. The molecule has 1 atom stereocenters. The average Bonchev–Trinajstić information content (AvgIpc) is 2.48. The Labute approximate surface area is 127 Å². The first-order valence-electron chi connectivity index (χ1n) is 8.01. The van der Waals surface area contributed by atoms with Crippen LogP contribution in [0.1, 0.15) is 18.4 Å². The molecule has 0 saturated carbocycles. The van der Waals surface area contributed by atoms with E-state index >= 15 is 0 Å². The van der Waals surface area contributed by atoms with Crippen molar-refractivity contribution in [3.63, 3.8) is 0 Å². The number of benzene rings is 1. The van der Waals surface area contributed by atoms with Gasteiger partial charge in [-0.3, -0.25) is 9.69 Å². The Morgan fingerprint density at radius 1 is 1.33 bits per heavy atom. The van der Waals surface area contributed by atoms with Gasteiger partial charge in [-0.25, -0.2) is 0 Å². The van der Waals surface area contributed by atoms with Gasteiger partial charge < -0.3 is 10.2 Å². The Bertz CT molecular complexity index is 497. The van der Waals surface area contributed by atoms with Crippen molar-refractivity contribution < 1.29 is 4.79 Å². The normalized spacial score (nSPS) is 24.3. The molecule has 3 rings (SSSR count). The molecular formula is C17H25N3O. The van der Waals surface area contributed by atoms with E-state index in [9.17, 15) is 4.79 Å². The minimum atomic E-state index is 0.209. The fourth-order valence-electron chi connectivity index (χ4n) is 3.35. The maximum absolute atomic E-state index is 12.2. The van der Waals surface area contributed by atoms with Gasteiger partial charge >= 0.3 is 0 Å². The second-order valence-electron chi connectivity index (χ2n) is 6.37. The van der Waals surface area contributed by atoms with Crippen molar-refractivity contribution in [2.75, 3.05) is 44.7 Å². The molecule has 0 bridgehead atoms. The summed E-state index contributed by atoms with van der Waals surface area (Å²) in [6.07, 6.45) is 3.70. The molecule has 114 valence electrons. The van der Waals surface area contributed by atoms with Gasteiger partial charge in [0.15, 0.2) is 0 Å². The van der Waals surface area contributed by atoms with Crippen LogP contribution in [0.4, 0.5) is 5.69 Å². The highest BCUT2D eigenvalue weighted by Gasteiger charge is 2.23. The number of nitrogens with zero attached hydrogens (tertiary/aromatic N) is 2. The van der Waals surface area contributed by atoms with E-state index < -0.39 is 0 Å². The molecule has 0 aromatic heterocycles. The van der Waals surface area contributed by atoms with Crippen molar-refractivity contribution in [1.82, 2.24) is 10.2 Å². The third-order valence-electron chi connectivity index (χ3n) is 4.56. The van der Waals surface area contributed by atoms with E-state index in [2.05, 4.69) is 34.5 Å². The van der Waals surface area contributed by atoms with Crippen LogP contribution >= 0.6 is 0 Å². The fraction of sp³-hybridized carbons (Fsp3) is 0.588. The predicted octanol–water partition coefficient (Wildman–Crippen LogP) is 1.51. The largest absolute Gasteiger partial charge is 0.316 e. The van der Waals surface area contributed by atoms with Crippen LogP contribution < -0.4 is 10.2 Å². The van der Waals surface area contributed by atoms with E-state index in [0.717, 1.165) is 44.2 Å². The van der Waals surface area contributed by atoms with E-state index in [4.69, 9.17) is 0 Å². The molecule has 0 radical (unpaired) electrons. The fourth-order valence-corrected chi connectivity index (χ4v) is 3.35. The molecule has 4 nitrogen and oxygen atoms in total. The molecule has 1 N–H and O–H groups in total. The van der Waals surface area contributed by atoms with Crippen LogP contribution in [0.15, 0.2) is 24.3 Å². The molecule has 1 amide bonds. The summed E-state index contributed by atoms with van der Waals surface area (Å²) in [5.74, 6) is 0.942. The van der Waals surface area contributed by atoms with E-state index in [1.54, 1.807) is 0 Å². The first-order valence-corrected chi connectivity index (χ1v) is 8.01. The lowest BCUT2D eigenvalue weighted by atomic mass is 9.92. The summed E-state index contributed by atoms with van der Waals surface area (Å²) in [6.45, 7) is 4.55. The van der Waals surface area contributed by atoms with E-state index in [-0.39, 0.29) is 5.91 Å². The minimum Gasteiger partial charge on any atom is -0.316 e. The van der Waals surface area contributed by atoms with Gasteiger partial charge in [0.25, 0.3) is 0 Å². The van der Waals surface area contributed by atoms with Gasteiger partial charge in [0, 0.05) is 18.8 Å². The molecule has 4 heteroatoms. The zero-order valence-corrected chi connectivity index (χ0v) is 12.8. The lowest BCUT2D eigenvalue weighted by Gasteiger charge is -2.32. The third kappa shape index (κ3) is 3.63. The summed E-state index contributed by atoms with van der Waals surface area (Å²) in [5.41, 5.74) is 2.42. The van der Waals surface area contributed by atoms with Crippen LogP contribution in [0.3, 0.4) is 0 Å². The number of hydrogen-bond acceptors (Lipinski definition) is 3. The molecule has 2 aliphatic heterocycles. The van der Waals surface area contributed by atoms with Crippen LogP contribution in [0.5, 0.6) is 0 Å². The minimum absolute atomic E-state index is 0.209. The van der Waals surface area contributed by atoms with Crippen molar-refractivity contribution in [2.24, 2.45) is 5.92 Å². The van der Waals surface area contributed by atoms with Gasteiger partial charge in [-0.15, -0.1) is 0 Å². The predicted molar refractivity (Wildman–Crippen MR) is 85.6 cm³/mol. The molecule has 0 aliphatic carbocycles. The Morgan fingerprint density at radius 2 is 2.24 bits per heavy atom. The highest BCUT2D eigenvalue weighted by molar-refractivity contribution is 5.95. The summed E-state index contributed by atoms with van der Waals surface area (Å²) in [6, 6.07) is 8.55. The number of piperidine rings is 1. The molecule has 1 aromatic rings. The van der Waals surface area contributed by atoms with Crippen molar-refractivity contribution in [3.05, 3.63) is 29.8 Å². The lowest BCUT2D eigenvalue weighted by Crippen LogP contribution is -2.48. The second kappa shape index (κ2) is 6.58. The van der Waals surface area contributed by atoms with E-state index in [1.807, 2.05) is 11.9 Å². The van der Waals surface area contributed by atoms with Gasteiger partial charge in [0.1, 0.15) is 0 Å². The van der Waals surface area contributed by atoms with Crippen molar-refractivity contribution >= 4 is 11.6 Å². The standard InChI is InChI=1S/C17H25N3O/c1-19-8-9-20(17(21)13-19)16-6-2-4-14(11-16)10-15-5-3-7-18-12-15/h2,4,6,11,15,18H,3,5,7-10,12-13H2,1H3. The third-order valence-corrected chi connectivity index (χ3v) is 4.56. The number of anilines is 1. The number of amides is 1. The molecule has 2 heterocycles. The Kier molecular flexibility index (Phi) is 4.56. The van der Waals surface area contributed by atoms with Crippen LogP contribution in [0, 0.1) is 5.92 Å². The van der Waals surface area contributed by atoms with Crippen LogP contribution in [-0.2, 0) is 11.2 Å². The molecule has 2 aliphatic rings. The quantitative estimate of drug-likeness (QED) is 0.915. The lowest BCUT2D eigenvalue weighted by molar-refractivity contribution is -0.120. The Balaban J connectivity index is 1.69. The number of nitrogens with one attached hydrogen (secondary N) is 1. The average molecular weight is 287 g/mol. The van der Waals surface area contributed by atoms with Crippen LogP contribution in [-0.4, -0.2) is 50.6 Å². The van der Waals surface area contributed by atoms with Crippen molar-refractivity contribution in [2.45, 2.75) is 19.3 Å². The number of piperazine rings is 1. The highest BCUT2D eigenvalue weighted by atomic mass is 16.2. The number of hydrogen-bond donors (Lipinski definition) is 1. The zero-order chi connectivity index (χ0) is 14.7. The van der Waals surface area contributed by atoms with E-state index in [0.29, 0.717) is 6.54 Å². The Morgan fingerprint density at radius 3 is 3.00 bits per heavy atom. The molecule has 2 fully saturated rings. The molecular weight excluding hydrogens is 262 g/mol. The van der Waals surface area contributed by atoms with Crippen molar-refractivity contribution in [3.8, 4) is 0 Å². The van der Waals surface area contributed by atoms with Gasteiger partial charge in [-0.1, -0.05) is 12.1 Å². The topological polar surface area (TPSA) is 35.6 Å². The van der Waals surface area contributed by atoms with Gasteiger partial charge in [0.2, 0.25) is 5.91 Å². The highest BCUT2D eigenvalue weighted by Crippen LogP contribution is 2.22. The van der Waals surface area contributed by atoms with Crippen LogP contribution in [0.25, 0.3) is 0 Å². The number of rotatable bonds is 3.